The van der Waals surface area contributed by atoms with Crippen LogP contribution >= 0.6 is 0 Å². The number of nitrogen functional groups attached to an aromatic ring is 1. The Labute approximate surface area is 115 Å². The quantitative estimate of drug-likeness (QED) is 0.839. The molecule has 0 amide bonds. The molecule has 1 aliphatic heterocycles. The minimum Gasteiger partial charge on any atom is -0.399 e. The lowest BCUT2D eigenvalue weighted by Crippen LogP contribution is -2.25. The Bertz CT molecular complexity index is 563. The lowest BCUT2D eigenvalue weighted by atomic mass is 10.2. The first-order valence-corrected chi connectivity index (χ1v) is 7.30. The van der Waals surface area contributed by atoms with E-state index in [9.17, 15) is 0 Å². The van der Waals surface area contributed by atoms with Crippen molar-refractivity contribution in [3.05, 3.63) is 30.0 Å². The van der Waals surface area contributed by atoms with Gasteiger partial charge in [-0.05, 0) is 44.1 Å². The number of nitrogens with zero attached hydrogens (tertiary/aromatic N) is 2. The van der Waals surface area contributed by atoms with Crippen LogP contribution in [0.2, 0.25) is 0 Å². The molecule has 3 heteroatoms. The van der Waals surface area contributed by atoms with Crippen molar-refractivity contribution in [1.29, 1.82) is 0 Å². The van der Waals surface area contributed by atoms with Gasteiger partial charge in [0.1, 0.15) is 0 Å². The zero-order chi connectivity index (χ0) is 13.2. The van der Waals surface area contributed by atoms with E-state index in [1.54, 1.807) is 0 Å². The molecule has 0 atom stereocenters. The van der Waals surface area contributed by atoms with Gasteiger partial charge in [0.15, 0.2) is 0 Å². The van der Waals surface area contributed by atoms with Crippen molar-refractivity contribution in [2.24, 2.45) is 7.05 Å². The van der Waals surface area contributed by atoms with Gasteiger partial charge in [0.25, 0.3) is 0 Å². The fourth-order valence-corrected chi connectivity index (χ4v) is 3.08. The van der Waals surface area contributed by atoms with Crippen LogP contribution in [0.25, 0.3) is 10.9 Å². The zero-order valence-corrected chi connectivity index (χ0v) is 11.7. The molecule has 0 bridgehead atoms. The maximum atomic E-state index is 5.88. The van der Waals surface area contributed by atoms with E-state index in [1.807, 2.05) is 6.07 Å². The topological polar surface area (TPSA) is 34.2 Å². The zero-order valence-electron chi connectivity index (χ0n) is 11.7. The smallest absolute Gasteiger partial charge is 0.0500 e. The van der Waals surface area contributed by atoms with Gasteiger partial charge >= 0.3 is 0 Å². The third-order valence-corrected chi connectivity index (χ3v) is 4.25. The van der Waals surface area contributed by atoms with Crippen LogP contribution in [-0.2, 0) is 13.6 Å². The summed E-state index contributed by atoms with van der Waals surface area (Å²) < 4.78 is 2.29. The van der Waals surface area contributed by atoms with Gasteiger partial charge in [-0.15, -0.1) is 0 Å². The highest BCUT2D eigenvalue weighted by Gasteiger charge is 2.12. The number of rotatable bonds is 2. The average molecular weight is 257 g/mol. The first-order chi connectivity index (χ1) is 9.24. The normalized spacial score (nSPS) is 17.7. The van der Waals surface area contributed by atoms with Gasteiger partial charge in [0, 0.05) is 30.4 Å². The number of anilines is 1. The summed E-state index contributed by atoms with van der Waals surface area (Å²) in [7, 11) is 2.15. The molecule has 0 unspecified atom stereocenters. The molecule has 1 fully saturated rings. The Kier molecular flexibility index (Phi) is 3.47. The fraction of sp³-hybridized carbons (Fsp3) is 0.500. The molecular formula is C16H23N3. The van der Waals surface area contributed by atoms with Crippen molar-refractivity contribution in [3.63, 3.8) is 0 Å². The summed E-state index contributed by atoms with van der Waals surface area (Å²) in [6.45, 7) is 3.54. The fourth-order valence-electron chi connectivity index (χ4n) is 3.08. The largest absolute Gasteiger partial charge is 0.399 e. The lowest BCUT2D eigenvalue weighted by molar-refractivity contribution is 0.271. The van der Waals surface area contributed by atoms with Gasteiger partial charge in [0.2, 0.25) is 0 Å². The van der Waals surface area contributed by atoms with Crippen LogP contribution in [0.5, 0.6) is 0 Å². The molecule has 1 aromatic carbocycles. The van der Waals surface area contributed by atoms with E-state index in [2.05, 4.69) is 34.7 Å². The molecule has 1 aromatic heterocycles. The summed E-state index contributed by atoms with van der Waals surface area (Å²) in [4.78, 5) is 2.59. The van der Waals surface area contributed by atoms with E-state index in [-0.39, 0.29) is 0 Å². The first kappa shape index (κ1) is 12.5. The van der Waals surface area contributed by atoms with Crippen molar-refractivity contribution in [2.75, 3.05) is 18.8 Å². The van der Waals surface area contributed by atoms with Crippen molar-refractivity contribution in [1.82, 2.24) is 9.47 Å². The predicted octanol–water partition coefficient (Wildman–Crippen LogP) is 3.14. The maximum Gasteiger partial charge on any atom is 0.0500 e. The van der Waals surface area contributed by atoms with Crippen molar-refractivity contribution in [3.8, 4) is 0 Å². The van der Waals surface area contributed by atoms with E-state index >= 15 is 0 Å². The van der Waals surface area contributed by atoms with Crippen LogP contribution < -0.4 is 5.73 Å². The second-order valence-electron chi connectivity index (χ2n) is 5.70. The van der Waals surface area contributed by atoms with Crippen LogP contribution in [0, 0.1) is 0 Å². The van der Waals surface area contributed by atoms with Gasteiger partial charge in [0.05, 0.1) is 5.52 Å². The summed E-state index contributed by atoms with van der Waals surface area (Å²) >= 11 is 0. The second kappa shape index (κ2) is 5.25. The molecule has 2 aromatic rings. The monoisotopic (exact) mass is 257 g/mol. The summed E-state index contributed by atoms with van der Waals surface area (Å²) in [6.07, 6.45) is 5.47. The molecular weight excluding hydrogens is 234 g/mol. The number of aromatic nitrogens is 1. The average Bonchev–Trinajstić information content (AvgIpc) is 2.59. The Hall–Kier alpha value is -1.48. The minimum atomic E-state index is 0.843. The number of hydrogen-bond donors (Lipinski definition) is 1. The molecule has 0 spiro atoms. The third-order valence-electron chi connectivity index (χ3n) is 4.25. The Balaban J connectivity index is 1.86. The SMILES string of the molecule is Cn1c(CN2CCCCCC2)cc2ccc(N)cc21. The molecule has 3 rings (SSSR count). The second-order valence-corrected chi connectivity index (χ2v) is 5.70. The highest BCUT2D eigenvalue weighted by atomic mass is 15.1. The van der Waals surface area contributed by atoms with Crippen LogP contribution in [0.4, 0.5) is 5.69 Å². The molecule has 102 valence electrons. The molecule has 19 heavy (non-hydrogen) atoms. The first-order valence-electron chi connectivity index (χ1n) is 7.30. The molecule has 3 nitrogen and oxygen atoms in total. The van der Waals surface area contributed by atoms with Crippen LogP contribution in [-0.4, -0.2) is 22.6 Å². The molecule has 1 aliphatic rings. The van der Waals surface area contributed by atoms with Crippen LogP contribution in [0.1, 0.15) is 31.4 Å². The van der Waals surface area contributed by atoms with Gasteiger partial charge in [-0.1, -0.05) is 18.9 Å². The summed E-state index contributed by atoms with van der Waals surface area (Å²) in [5, 5.41) is 1.29. The number of aryl methyl sites for hydroxylation is 1. The van der Waals surface area contributed by atoms with Crippen LogP contribution in [0.3, 0.4) is 0 Å². The predicted molar refractivity (Wildman–Crippen MR) is 81.1 cm³/mol. The van der Waals surface area contributed by atoms with Gasteiger partial charge in [-0.3, -0.25) is 4.90 Å². The standard InChI is InChI=1S/C16H23N3/c1-18-15(12-19-8-4-2-3-5-9-19)10-13-6-7-14(17)11-16(13)18/h6-7,10-11H,2-5,8-9,12,17H2,1H3. The number of hydrogen-bond acceptors (Lipinski definition) is 2. The summed E-state index contributed by atoms with van der Waals surface area (Å²) in [5.41, 5.74) is 9.36. The maximum absolute atomic E-state index is 5.88. The summed E-state index contributed by atoms with van der Waals surface area (Å²) in [6, 6.07) is 8.48. The van der Waals surface area contributed by atoms with Gasteiger partial charge in [-0.2, -0.15) is 0 Å². The van der Waals surface area contributed by atoms with Crippen molar-refractivity contribution >= 4 is 16.6 Å². The molecule has 0 aliphatic carbocycles. The van der Waals surface area contributed by atoms with Crippen molar-refractivity contribution in [2.45, 2.75) is 32.2 Å². The Morgan fingerprint density at radius 3 is 2.53 bits per heavy atom. The van der Waals surface area contributed by atoms with Gasteiger partial charge in [-0.25, -0.2) is 0 Å². The number of likely N-dealkylation sites (tertiary alicyclic amines) is 1. The molecule has 2 N–H and O–H groups in total. The summed E-state index contributed by atoms with van der Waals surface area (Å²) in [5.74, 6) is 0. The lowest BCUT2D eigenvalue weighted by Gasteiger charge is -2.20. The molecule has 1 saturated heterocycles. The van der Waals surface area contributed by atoms with E-state index in [0.29, 0.717) is 0 Å². The van der Waals surface area contributed by atoms with E-state index < -0.39 is 0 Å². The number of nitrogens with two attached hydrogens (primary N) is 1. The number of benzene rings is 1. The van der Waals surface area contributed by atoms with E-state index in [1.165, 1.54) is 55.4 Å². The van der Waals surface area contributed by atoms with Crippen LogP contribution in [0.15, 0.2) is 24.3 Å². The van der Waals surface area contributed by atoms with E-state index in [4.69, 9.17) is 5.73 Å². The molecule has 2 heterocycles. The van der Waals surface area contributed by atoms with Crippen molar-refractivity contribution < 1.29 is 0 Å². The molecule has 0 radical (unpaired) electrons. The molecule has 0 saturated carbocycles. The Morgan fingerprint density at radius 1 is 1.05 bits per heavy atom. The number of fused-ring (bicyclic) bond motifs is 1. The highest BCUT2D eigenvalue weighted by Crippen LogP contribution is 2.23. The van der Waals surface area contributed by atoms with Gasteiger partial charge < -0.3 is 10.3 Å². The third kappa shape index (κ3) is 2.61. The minimum absolute atomic E-state index is 0.843. The Morgan fingerprint density at radius 2 is 1.79 bits per heavy atom. The highest BCUT2D eigenvalue weighted by molar-refractivity contribution is 5.84. The van der Waals surface area contributed by atoms with E-state index in [0.717, 1.165) is 12.2 Å².